The van der Waals surface area contributed by atoms with Gasteiger partial charge in [-0.1, -0.05) is 46.3 Å². The van der Waals surface area contributed by atoms with Gasteiger partial charge in [0, 0.05) is 29.3 Å². The molecular formula is C19H19BrN2O3S. The van der Waals surface area contributed by atoms with Crippen molar-refractivity contribution in [2.75, 3.05) is 18.1 Å². The number of rotatable bonds is 4. The lowest BCUT2D eigenvalue weighted by molar-refractivity contribution is -0.111. The number of carbonyl (C=O) groups is 1. The first-order valence-corrected chi connectivity index (χ1v) is 10.8. The SMILES string of the molecule is CS(=O)(=O)N1CCc2c(cccc2NC(=O)/C=C/c2ccccc2Br)C1. The Balaban J connectivity index is 1.75. The number of hydrogen-bond donors (Lipinski definition) is 1. The molecular weight excluding hydrogens is 416 g/mol. The van der Waals surface area contributed by atoms with Gasteiger partial charge in [0.2, 0.25) is 15.9 Å². The maximum absolute atomic E-state index is 12.3. The molecule has 0 atom stereocenters. The van der Waals surface area contributed by atoms with Crippen molar-refractivity contribution in [1.82, 2.24) is 4.31 Å². The summed E-state index contributed by atoms with van der Waals surface area (Å²) in [5.74, 6) is -0.223. The molecule has 26 heavy (non-hydrogen) atoms. The van der Waals surface area contributed by atoms with Crippen molar-refractivity contribution in [3.05, 3.63) is 69.7 Å². The number of anilines is 1. The number of nitrogens with zero attached hydrogens (tertiary/aromatic N) is 1. The molecule has 1 N–H and O–H groups in total. The lowest BCUT2D eigenvalue weighted by Gasteiger charge is -2.28. The van der Waals surface area contributed by atoms with Crippen LogP contribution in [-0.2, 0) is 27.8 Å². The molecule has 3 rings (SSSR count). The second-order valence-corrected chi connectivity index (χ2v) is 8.97. The van der Waals surface area contributed by atoms with Crippen molar-refractivity contribution in [3.63, 3.8) is 0 Å². The van der Waals surface area contributed by atoms with E-state index in [2.05, 4.69) is 21.2 Å². The van der Waals surface area contributed by atoms with Gasteiger partial charge in [0.25, 0.3) is 0 Å². The minimum atomic E-state index is -3.22. The second kappa shape index (κ2) is 7.73. The summed E-state index contributed by atoms with van der Waals surface area (Å²) in [6, 6.07) is 13.2. The van der Waals surface area contributed by atoms with Crippen molar-refractivity contribution in [1.29, 1.82) is 0 Å². The van der Waals surface area contributed by atoms with E-state index in [0.717, 1.165) is 26.9 Å². The molecule has 2 aromatic carbocycles. The first-order chi connectivity index (χ1) is 12.3. The van der Waals surface area contributed by atoms with Gasteiger partial charge in [-0.2, -0.15) is 4.31 Å². The molecule has 0 bridgehead atoms. The molecule has 0 unspecified atom stereocenters. The molecule has 0 saturated heterocycles. The van der Waals surface area contributed by atoms with Crippen molar-refractivity contribution in [2.45, 2.75) is 13.0 Å². The molecule has 7 heteroatoms. The molecule has 2 aromatic rings. The summed E-state index contributed by atoms with van der Waals surface area (Å²) >= 11 is 3.45. The van der Waals surface area contributed by atoms with Gasteiger partial charge in [-0.3, -0.25) is 4.79 Å². The zero-order valence-corrected chi connectivity index (χ0v) is 16.7. The van der Waals surface area contributed by atoms with E-state index >= 15 is 0 Å². The molecule has 136 valence electrons. The van der Waals surface area contributed by atoms with Crippen LogP contribution in [0.5, 0.6) is 0 Å². The Labute approximate surface area is 161 Å². The lowest BCUT2D eigenvalue weighted by atomic mass is 9.99. The lowest BCUT2D eigenvalue weighted by Crippen LogP contribution is -2.35. The molecule has 0 saturated carbocycles. The summed E-state index contributed by atoms with van der Waals surface area (Å²) in [5, 5.41) is 2.90. The van der Waals surface area contributed by atoms with E-state index in [1.54, 1.807) is 6.08 Å². The minimum absolute atomic E-state index is 0.223. The fourth-order valence-corrected chi connectivity index (χ4v) is 4.15. The molecule has 1 aliphatic heterocycles. The Morgan fingerprint density at radius 2 is 1.96 bits per heavy atom. The fraction of sp³-hybridized carbons (Fsp3) is 0.211. The highest BCUT2D eigenvalue weighted by Crippen LogP contribution is 2.27. The number of amides is 1. The molecule has 0 fully saturated rings. The van der Waals surface area contributed by atoms with E-state index in [4.69, 9.17) is 0 Å². The van der Waals surface area contributed by atoms with Gasteiger partial charge in [-0.25, -0.2) is 8.42 Å². The van der Waals surface area contributed by atoms with Crippen LogP contribution in [-0.4, -0.2) is 31.4 Å². The second-order valence-electron chi connectivity index (χ2n) is 6.13. The highest BCUT2D eigenvalue weighted by molar-refractivity contribution is 9.10. The van der Waals surface area contributed by atoms with Gasteiger partial charge in [-0.15, -0.1) is 0 Å². The Hall–Kier alpha value is -1.96. The Morgan fingerprint density at radius 3 is 2.69 bits per heavy atom. The quantitative estimate of drug-likeness (QED) is 0.749. The van der Waals surface area contributed by atoms with Gasteiger partial charge in [0.05, 0.1) is 6.26 Å². The monoisotopic (exact) mass is 434 g/mol. The van der Waals surface area contributed by atoms with Crippen LogP contribution in [0.15, 0.2) is 53.0 Å². The maximum Gasteiger partial charge on any atom is 0.248 e. The summed E-state index contributed by atoms with van der Waals surface area (Å²) in [6.07, 6.45) is 5.04. The van der Waals surface area contributed by atoms with Gasteiger partial charge >= 0.3 is 0 Å². The molecule has 0 aromatic heterocycles. The smallest absolute Gasteiger partial charge is 0.248 e. The van der Waals surface area contributed by atoms with Crippen LogP contribution < -0.4 is 5.32 Å². The van der Waals surface area contributed by atoms with Gasteiger partial charge in [0.1, 0.15) is 0 Å². The van der Waals surface area contributed by atoms with Crippen LogP contribution in [0.25, 0.3) is 6.08 Å². The summed E-state index contributed by atoms with van der Waals surface area (Å²) < 4.78 is 25.9. The van der Waals surface area contributed by atoms with Gasteiger partial charge < -0.3 is 5.32 Å². The van der Waals surface area contributed by atoms with Crippen molar-refractivity contribution < 1.29 is 13.2 Å². The van der Waals surface area contributed by atoms with Crippen LogP contribution in [0.2, 0.25) is 0 Å². The number of nitrogens with one attached hydrogen (secondary N) is 1. The Morgan fingerprint density at radius 1 is 1.19 bits per heavy atom. The summed E-state index contributed by atoms with van der Waals surface area (Å²) in [7, 11) is -3.22. The molecule has 1 aliphatic rings. The summed E-state index contributed by atoms with van der Waals surface area (Å²) in [5.41, 5.74) is 3.57. The Kier molecular flexibility index (Phi) is 5.60. The van der Waals surface area contributed by atoms with Crippen molar-refractivity contribution in [2.24, 2.45) is 0 Å². The highest BCUT2D eigenvalue weighted by atomic mass is 79.9. The molecule has 1 heterocycles. The number of carbonyl (C=O) groups excluding carboxylic acids is 1. The van der Waals surface area contributed by atoms with Crippen LogP contribution in [0.1, 0.15) is 16.7 Å². The van der Waals surface area contributed by atoms with Crippen molar-refractivity contribution in [3.8, 4) is 0 Å². The molecule has 0 aliphatic carbocycles. The van der Waals surface area contributed by atoms with E-state index in [1.807, 2.05) is 42.5 Å². The number of benzene rings is 2. The molecule has 0 radical (unpaired) electrons. The van der Waals surface area contributed by atoms with E-state index < -0.39 is 10.0 Å². The zero-order chi connectivity index (χ0) is 18.7. The predicted molar refractivity (Wildman–Crippen MR) is 107 cm³/mol. The van der Waals surface area contributed by atoms with Crippen molar-refractivity contribution >= 4 is 43.6 Å². The van der Waals surface area contributed by atoms with E-state index in [1.165, 1.54) is 16.6 Å². The molecule has 1 amide bonds. The van der Waals surface area contributed by atoms with Crippen LogP contribution in [0.3, 0.4) is 0 Å². The predicted octanol–water partition coefficient (Wildman–Crippen LogP) is 3.42. The third-order valence-electron chi connectivity index (χ3n) is 4.28. The van der Waals surface area contributed by atoms with E-state index in [0.29, 0.717) is 19.5 Å². The fourth-order valence-electron chi connectivity index (χ4n) is 2.93. The molecule has 5 nitrogen and oxygen atoms in total. The average molecular weight is 435 g/mol. The van der Waals surface area contributed by atoms with Crippen LogP contribution >= 0.6 is 15.9 Å². The van der Waals surface area contributed by atoms with E-state index in [9.17, 15) is 13.2 Å². The number of hydrogen-bond acceptors (Lipinski definition) is 3. The van der Waals surface area contributed by atoms with E-state index in [-0.39, 0.29) is 5.91 Å². The normalized spacial score (nSPS) is 15.0. The van der Waals surface area contributed by atoms with Gasteiger partial charge in [-0.05, 0) is 41.3 Å². The Bertz CT molecular complexity index is 970. The van der Waals surface area contributed by atoms with Gasteiger partial charge in [0.15, 0.2) is 0 Å². The minimum Gasteiger partial charge on any atom is -0.322 e. The number of halogens is 1. The first-order valence-electron chi connectivity index (χ1n) is 8.14. The summed E-state index contributed by atoms with van der Waals surface area (Å²) in [6.45, 7) is 0.760. The standard InChI is InChI=1S/C19H19BrN2O3S/c1-26(24,25)22-12-11-16-15(13-22)6-4-8-18(16)21-19(23)10-9-14-5-2-3-7-17(14)20/h2-10H,11-13H2,1H3,(H,21,23)/b10-9+. The molecule has 0 spiro atoms. The zero-order valence-electron chi connectivity index (χ0n) is 14.3. The average Bonchev–Trinajstić information content (AvgIpc) is 2.60. The number of sulfonamides is 1. The third-order valence-corrected chi connectivity index (χ3v) is 6.25. The summed E-state index contributed by atoms with van der Waals surface area (Å²) in [4.78, 5) is 12.3. The largest absolute Gasteiger partial charge is 0.322 e. The maximum atomic E-state index is 12.3. The van der Waals surface area contributed by atoms with Crippen LogP contribution in [0.4, 0.5) is 5.69 Å². The highest BCUT2D eigenvalue weighted by Gasteiger charge is 2.24. The first kappa shape index (κ1) is 18.8. The topological polar surface area (TPSA) is 66.5 Å². The number of fused-ring (bicyclic) bond motifs is 1. The van der Waals surface area contributed by atoms with Crippen LogP contribution in [0, 0.1) is 0 Å². The third kappa shape index (κ3) is 4.41.